The predicted molar refractivity (Wildman–Crippen MR) is 46.6 cm³/mol. The Labute approximate surface area is 74.8 Å². The minimum absolute atomic E-state index is 0.0244. The average Bonchev–Trinajstić information content (AvgIpc) is 2.07. The van der Waals surface area contributed by atoms with Crippen molar-refractivity contribution in [3.05, 3.63) is 22.8 Å². The molecular weight excluding hydrogens is 173 g/mol. The molecule has 1 aromatic heterocycles. The summed E-state index contributed by atoms with van der Waals surface area (Å²) < 4.78 is 13.1. The van der Waals surface area contributed by atoms with Crippen molar-refractivity contribution in [3.63, 3.8) is 0 Å². The van der Waals surface area contributed by atoms with Crippen LogP contribution in [0.25, 0.3) is 0 Å². The zero-order chi connectivity index (χ0) is 10.2. The van der Waals surface area contributed by atoms with Gasteiger partial charge in [0.05, 0.1) is 11.4 Å². The van der Waals surface area contributed by atoms with Gasteiger partial charge in [0.2, 0.25) is 0 Å². The monoisotopic (exact) mass is 183 g/mol. The summed E-state index contributed by atoms with van der Waals surface area (Å²) in [5.41, 5.74) is 10.7. The molecule has 0 radical (unpaired) electrons. The van der Waals surface area contributed by atoms with Crippen molar-refractivity contribution in [1.29, 1.82) is 0 Å². The first-order valence-electron chi connectivity index (χ1n) is 3.67. The van der Waals surface area contributed by atoms with Gasteiger partial charge in [-0.3, -0.25) is 4.79 Å². The number of carbonyl (C=O) groups is 1. The molecule has 13 heavy (non-hydrogen) atoms. The van der Waals surface area contributed by atoms with Gasteiger partial charge in [-0.15, -0.1) is 0 Å². The smallest absolute Gasteiger partial charge is 0.267 e. The average molecular weight is 183 g/mol. The Morgan fingerprint density at radius 3 is 2.46 bits per heavy atom. The van der Waals surface area contributed by atoms with Crippen LogP contribution in [0.2, 0.25) is 0 Å². The van der Waals surface area contributed by atoms with Crippen LogP contribution in [0.1, 0.15) is 21.7 Å². The number of hydrogen-bond acceptors (Lipinski definition) is 3. The van der Waals surface area contributed by atoms with E-state index in [1.165, 1.54) is 13.8 Å². The lowest BCUT2D eigenvalue weighted by atomic mass is 10.1. The third kappa shape index (κ3) is 1.44. The molecular formula is C8H10FN3O. The number of aromatic nitrogens is 1. The normalized spacial score (nSPS) is 10.1. The highest BCUT2D eigenvalue weighted by atomic mass is 19.1. The van der Waals surface area contributed by atoms with E-state index in [0.29, 0.717) is 0 Å². The van der Waals surface area contributed by atoms with Crippen molar-refractivity contribution in [2.24, 2.45) is 5.73 Å². The number of anilines is 1. The van der Waals surface area contributed by atoms with Gasteiger partial charge in [0.15, 0.2) is 5.82 Å². The largest absolute Gasteiger partial charge is 0.396 e. The molecule has 0 spiro atoms. The minimum atomic E-state index is -0.702. The van der Waals surface area contributed by atoms with Crippen LogP contribution >= 0.6 is 0 Å². The lowest BCUT2D eigenvalue weighted by Crippen LogP contribution is -2.17. The summed E-state index contributed by atoms with van der Waals surface area (Å²) >= 11 is 0. The maximum absolute atomic E-state index is 13.1. The molecule has 0 aromatic carbocycles. The summed E-state index contributed by atoms with van der Waals surface area (Å²) in [7, 11) is 0. The Kier molecular flexibility index (Phi) is 2.18. The van der Waals surface area contributed by atoms with Crippen molar-refractivity contribution >= 4 is 11.6 Å². The van der Waals surface area contributed by atoms with Gasteiger partial charge in [0.25, 0.3) is 5.91 Å². The topological polar surface area (TPSA) is 82.0 Å². The van der Waals surface area contributed by atoms with Crippen LogP contribution in [0.4, 0.5) is 10.1 Å². The van der Waals surface area contributed by atoms with E-state index in [2.05, 4.69) is 4.98 Å². The maximum Gasteiger partial charge on any atom is 0.267 e. The zero-order valence-corrected chi connectivity index (χ0v) is 7.39. The van der Waals surface area contributed by atoms with Gasteiger partial charge in [-0.1, -0.05) is 0 Å². The van der Waals surface area contributed by atoms with Gasteiger partial charge >= 0.3 is 0 Å². The molecule has 0 aliphatic carbocycles. The number of amides is 1. The number of aryl methyl sites for hydroxylation is 1. The van der Waals surface area contributed by atoms with E-state index in [-0.39, 0.29) is 22.6 Å². The molecule has 0 bridgehead atoms. The molecule has 1 amide bonds. The Bertz CT molecular complexity index is 376. The number of pyridine rings is 1. The summed E-state index contributed by atoms with van der Waals surface area (Å²) in [6, 6.07) is 0. The van der Waals surface area contributed by atoms with Gasteiger partial charge in [-0.05, 0) is 13.8 Å². The van der Waals surface area contributed by atoms with Crippen molar-refractivity contribution in [3.8, 4) is 0 Å². The van der Waals surface area contributed by atoms with Crippen LogP contribution in [-0.2, 0) is 0 Å². The number of rotatable bonds is 1. The second kappa shape index (κ2) is 3.01. The number of carbonyl (C=O) groups excluding carboxylic acids is 1. The van der Waals surface area contributed by atoms with Crippen LogP contribution in [0, 0.1) is 19.7 Å². The number of nitrogen functional groups attached to an aromatic ring is 1. The Morgan fingerprint density at radius 1 is 1.46 bits per heavy atom. The van der Waals surface area contributed by atoms with E-state index < -0.39 is 11.7 Å². The second-order valence-corrected chi connectivity index (χ2v) is 2.76. The number of nitrogens with two attached hydrogens (primary N) is 2. The van der Waals surface area contributed by atoms with Crippen LogP contribution in [0.5, 0.6) is 0 Å². The summed E-state index contributed by atoms with van der Waals surface area (Å²) in [6.45, 7) is 2.93. The summed E-state index contributed by atoms with van der Waals surface area (Å²) in [5, 5.41) is 0. The van der Waals surface area contributed by atoms with E-state index in [0.717, 1.165) is 0 Å². The molecule has 0 saturated carbocycles. The van der Waals surface area contributed by atoms with Crippen LogP contribution in [-0.4, -0.2) is 10.9 Å². The molecule has 0 aliphatic rings. The third-order valence-corrected chi connectivity index (χ3v) is 1.83. The summed E-state index contributed by atoms with van der Waals surface area (Å²) in [4.78, 5) is 14.5. The van der Waals surface area contributed by atoms with Gasteiger partial charge in [-0.2, -0.15) is 0 Å². The molecule has 0 fully saturated rings. The fourth-order valence-electron chi connectivity index (χ4n) is 1.03. The second-order valence-electron chi connectivity index (χ2n) is 2.76. The SMILES string of the molecule is Cc1nc(C(N)=O)c(C)c(N)c1F. The Hall–Kier alpha value is -1.65. The van der Waals surface area contributed by atoms with Gasteiger partial charge in [0.1, 0.15) is 5.69 Å². The first kappa shape index (κ1) is 9.44. The van der Waals surface area contributed by atoms with Gasteiger partial charge in [-0.25, -0.2) is 9.37 Å². The molecule has 70 valence electrons. The molecule has 4 N–H and O–H groups in total. The minimum Gasteiger partial charge on any atom is -0.396 e. The molecule has 4 nitrogen and oxygen atoms in total. The lowest BCUT2D eigenvalue weighted by molar-refractivity contribution is 0.0994. The molecule has 0 aliphatic heterocycles. The maximum atomic E-state index is 13.1. The van der Waals surface area contributed by atoms with Gasteiger partial charge < -0.3 is 11.5 Å². The summed E-state index contributed by atoms with van der Waals surface area (Å²) in [5.74, 6) is -1.30. The number of halogens is 1. The molecule has 5 heteroatoms. The van der Waals surface area contributed by atoms with Gasteiger partial charge in [0, 0.05) is 5.56 Å². The third-order valence-electron chi connectivity index (χ3n) is 1.83. The van der Waals surface area contributed by atoms with Crippen molar-refractivity contribution in [2.75, 3.05) is 5.73 Å². The molecule has 1 rings (SSSR count). The van der Waals surface area contributed by atoms with Crippen LogP contribution in [0.15, 0.2) is 0 Å². The van der Waals surface area contributed by atoms with E-state index in [1.54, 1.807) is 0 Å². The van der Waals surface area contributed by atoms with E-state index in [9.17, 15) is 9.18 Å². The highest BCUT2D eigenvalue weighted by Crippen LogP contribution is 2.19. The quantitative estimate of drug-likeness (QED) is 0.665. The van der Waals surface area contributed by atoms with Crippen LogP contribution < -0.4 is 11.5 Å². The predicted octanol–water partition coefficient (Wildman–Crippen LogP) is 0.519. The number of hydrogen-bond donors (Lipinski definition) is 2. The summed E-state index contributed by atoms with van der Waals surface area (Å²) in [6.07, 6.45) is 0. The highest BCUT2D eigenvalue weighted by Gasteiger charge is 2.15. The highest BCUT2D eigenvalue weighted by molar-refractivity contribution is 5.93. The molecule has 0 atom stereocenters. The molecule has 1 aromatic rings. The standard InChI is InChI=1S/C8H10FN3O/c1-3-6(10)5(9)4(2)12-7(3)8(11)13/h1-2H3,(H2,10,12)(H2,11,13). The Balaban J connectivity index is 3.50. The Morgan fingerprint density at radius 2 is 2.00 bits per heavy atom. The van der Waals surface area contributed by atoms with Crippen LogP contribution in [0.3, 0.4) is 0 Å². The zero-order valence-electron chi connectivity index (χ0n) is 7.39. The van der Waals surface area contributed by atoms with Crippen molar-refractivity contribution in [1.82, 2.24) is 4.98 Å². The number of nitrogens with zero attached hydrogens (tertiary/aromatic N) is 1. The van der Waals surface area contributed by atoms with E-state index in [4.69, 9.17) is 11.5 Å². The van der Waals surface area contributed by atoms with Crippen molar-refractivity contribution < 1.29 is 9.18 Å². The fraction of sp³-hybridized carbons (Fsp3) is 0.250. The number of primary amides is 1. The molecule has 0 saturated heterocycles. The molecule has 1 heterocycles. The van der Waals surface area contributed by atoms with E-state index >= 15 is 0 Å². The van der Waals surface area contributed by atoms with Crippen molar-refractivity contribution in [2.45, 2.75) is 13.8 Å². The fourth-order valence-corrected chi connectivity index (χ4v) is 1.03. The lowest BCUT2D eigenvalue weighted by Gasteiger charge is -2.07. The first-order chi connectivity index (χ1) is 5.95. The van der Waals surface area contributed by atoms with E-state index in [1.807, 2.05) is 0 Å². The molecule has 0 unspecified atom stereocenters. The first-order valence-corrected chi connectivity index (χ1v) is 3.67.